The van der Waals surface area contributed by atoms with Gasteiger partial charge in [0.15, 0.2) is 5.58 Å². The molecule has 39 heavy (non-hydrogen) atoms. The van der Waals surface area contributed by atoms with Gasteiger partial charge in [0.1, 0.15) is 23.4 Å². The Morgan fingerprint density at radius 3 is 2.74 bits per heavy atom. The number of ether oxygens (including phenoxy) is 1. The van der Waals surface area contributed by atoms with Gasteiger partial charge in [-0.2, -0.15) is 5.10 Å². The summed E-state index contributed by atoms with van der Waals surface area (Å²) in [6.45, 7) is -1.46. The monoisotopic (exact) mass is 548 g/mol. The van der Waals surface area contributed by atoms with Crippen molar-refractivity contribution < 1.29 is 31.9 Å². The predicted octanol–water partition coefficient (Wildman–Crippen LogP) is 3.91. The van der Waals surface area contributed by atoms with E-state index in [0.717, 1.165) is 4.90 Å². The highest BCUT2D eigenvalue weighted by Crippen LogP contribution is 2.37. The van der Waals surface area contributed by atoms with Gasteiger partial charge in [0.25, 0.3) is 11.8 Å². The summed E-state index contributed by atoms with van der Waals surface area (Å²) in [5.41, 5.74) is 1.77. The average Bonchev–Trinajstić information content (AvgIpc) is 3.53. The van der Waals surface area contributed by atoms with Gasteiger partial charge >= 0.3 is 6.03 Å². The van der Waals surface area contributed by atoms with Crippen LogP contribution in [-0.2, 0) is 11.8 Å². The largest absolute Gasteiger partial charge is 0.438 e. The van der Waals surface area contributed by atoms with E-state index in [-0.39, 0.29) is 24.3 Å². The minimum Gasteiger partial charge on any atom is -0.438 e. The van der Waals surface area contributed by atoms with Crippen LogP contribution in [-0.4, -0.2) is 70.5 Å². The van der Waals surface area contributed by atoms with E-state index in [4.69, 9.17) is 9.15 Å². The maximum Gasteiger partial charge on any atom is 0.318 e. The van der Waals surface area contributed by atoms with Crippen LogP contribution in [0.2, 0.25) is 0 Å². The second kappa shape index (κ2) is 10.9. The fraction of sp³-hybridized carbons (Fsp3) is 0.538. The Morgan fingerprint density at radius 2 is 2.05 bits per heavy atom. The van der Waals surface area contributed by atoms with E-state index >= 15 is 0 Å². The van der Waals surface area contributed by atoms with Crippen LogP contribution < -0.4 is 10.6 Å². The van der Waals surface area contributed by atoms with Crippen molar-refractivity contribution in [2.24, 2.45) is 13.0 Å². The second-order valence-corrected chi connectivity index (χ2v) is 10.2. The van der Waals surface area contributed by atoms with Gasteiger partial charge in [0.2, 0.25) is 5.89 Å². The first-order valence-corrected chi connectivity index (χ1v) is 12.9. The number of halogens is 3. The Kier molecular flexibility index (Phi) is 7.52. The first-order chi connectivity index (χ1) is 18.6. The number of carbonyl (C=O) groups excluding carboxylic acids is 2. The average molecular weight is 549 g/mol. The molecule has 3 heterocycles. The van der Waals surface area contributed by atoms with Crippen LogP contribution in [0.15, 0.2) is 34.9 Å². The summed E-state index contributed by atoms with van der Waals surface area (Å²) in [5, 5.41) is 9.28. The number of aryl methyl sites for hydroxylation is 1. The van der Waals surface area contributed by atoms with Gasteiger partial charge in [0, 0.05) is 20.4 Å². The van der Waals surface area contributed by atoms with Crippen molar-refractivity contribution in [3.63, 3.8) is 0 Å². The fourth-order valence-electron chi connectivity index (χ4n) is 5.37. The Balaban J connectivity index is 1.46. The molecule has 1 aliphatic carbocycles. The smallest absolute Gasteiger partial charge is 0.318 e. The summed E-state index contributed by atoms with van der Waals surface area (Å²) < 4.78 is 55.0. The second-order valence-electron chi connectivity index (χ2n) is 10.2. The molecule has 1 aliphatic heterocycles. The molecule has 1 aromatic carbocycles. The maximum atomic E-state index is 14.1. The minimum atomic E-state index is -3.08. The third-order valence-corrected chi connectivity index (χ3v) is 7.45. The molecule has 0 radical (unpaired) electrons. The van der Waals surface area contributed by atoms with E-state index in [2.05, 4.69) is 20.7 Å². The summed E-state index contributed by atoms with van der Waals surface area (Å²) >= 11 is 0. The molecule has 2 fully saturated rings. The topological polar surface area (TPSA) is 115 Å². The Hall–Kier alpha value is -3.61. The third kappa shape index (κ3) is 5.72. The summed E-state index contributed by atoms with van der Waals surface area (Å²) in [4.78, 5) is 31.3. The number of carbonyl (C=O) groups is 2. The standard InChI is InChI=1S/C26H31F3N6O4/c1-34-19(9-10-31-34)23(36)33-22(15-3-6-17(27)7-4-15)24-32-18-11-16(5-8-21(18)39-24)20(12-38-2)35-14-26(28,29)13-30-25(35)37/h5,8-11,15,17,20,22H,3-4,6-7,12-14H2,1-2H3,(H,30,37)(H,33,36). The number of oxazole rings is 1. The Labute approximate surface area is 222 Å². The Morgan fingerprint density at radius 1 is 1.28 bits per heavy atom. The van der Waals surface area contributed by atoms with Gasteiger partial charge in [0.05, 0.1) is 25.7 Å². The normalized spacial score (nSPS) is 22.9. The van der Waals surface area contributed by atoms with Crippen molar-refractivity contribution in [3.05, 3.63) is 47.6 Å². The van der Waals surface area contributed by atoms with Crippen LogP contribution in [0.3, 0.4) is 0 Å². The van der Waals surface area contributed by atoms with Gasteiger partial charge in [-0.25, -0.2) is 22.9 Å². The van der Waals surface area contributed by atoms with Crippen molar-refractivity contribution in [3.8, 4) is 0 Å². The Bertz CT molecular complexity index is 1340. The molecule has 3 amide bonds. The third-order valence-electron chi connectivity index (χ3n) is 7.45. The van der Waals surface area contributed by atoms with Crippen LogP contribution >= 0.6 is 0 Å². The molecule has 0 spiro atoms. The number of aromatic nitrogens is 3. The number of nitrogens with one attached hydrogen (secondary N) is 2. The molecule has 2 aromatic heterocycles. The number of hydrogen-bond acceptors (Lipinski definition) is 6. The van der Waals surface area contributed by atoms with E-state index < -0.39 is 43.3 Å². The molecular weight excluding hydrogens is 517 g/mol. The number of urea groups is 1. The molecule has 2 N–H and O–H groups in total. The molecule has 13 heteroatoms. The first kappa shape index (κ1) is 27.0. The van der Waals surface area contributed by atoms with Crippen molar-refractivity contribution in [1.29, 1.82) is 0 Å². The van der Waals surface area contributed by atoms with Crippen LogP contribution in [0.25, 0.3) is 11.1 Å². The number of nitrogens with zero attached hydrogens (tertiary/aromatic N) is 4. The van der Waals surface area contributed by atoms with Crippen LogP contribution in [0.1, 0.15) is 59.7 Å². The number of benzene rings is 1. The molecule has 1 saturated carbocycles. The summed E-state index contributed by atoms with van der Waals surface area (Å²) in [5.74, 6) is -3.27. The number of hydrogen-bond donors (Lipinski definition) is 2. The number of rotatable bonds is 8. The van der Waals surface area contributed by atoms with Crippen LogP contribution in [0.5, 0.6) is 0 Å². The van der Waals surface area contributed by atoms with Gasteiger partial charge in [-0.05, 0) is 55.4 Å². The van der Waals surface area contributed by atoms with E-state index in [0.29, 0.717) is 48.0 Å². The van der Waals surface area contributed by atoms with Gasteiger partial charge in [-0.15, -0.1) is 0 Å². The molecule has 1 saturated heterocycles. The van der Waals surface area contributed by atoms with Gasteiger partial charge < -0.3 is 24.7 Å². The number of fused-ring (bicyclic) bond motifs is 1. The number of amides is 3. The SMILES string of the molecule is COCC(c1ccc2oc(C(NC(=O)c3ccnn3C)C3CCC(F)CC3)nc2c1)N1CC(F)(F)CNC1=O. The number of methoxy groups -OCH3 is 1. The highest BCUT2D eigenvalue weighted by Gasteiger charge is 2.42. The van der Waals surface area contributed by atoms with Crippen molar-refractivity contribution >= 4 is 23.0 Å². The molecule has 2 aliphatic rings. The molecule has 5 rings (SSSR count). The van der Waals surface area contributed by atoms with Gasteiger partial charge in [-0.3, -0.25) is 9.48 Å². The predicted molar refractivity (Wildman–Crippen MR) is 134 cm³/mol. The lowest BCUT2D eigenvalue weighted by Gasteiger charge is -2.38. The van der Waals surface area contributed by atoms with Gasteiger partial charge in [-0.1, -0.05) is 6.07 Å². The van der Waals surface area contributed by atoms with Crippen molar-refractivity contribution in [2.45, 2.75) is 49.9 Å². The fourth-order valence-corrected chi connectivity index (χ4v) is 5.37. The molecule has 3 aromatic rings. The summed E-state index contributed by atoms with van der Waals surface area (Å²) in [6.07, 6.45) is 2.51. The molecule has 0 bridgehead atoms. The minimum absolute atomic E-state index is 0.00440. The molecule has 2 unspecified atom stereocenters. The van der Waals surface area contributed by atoms with Crippen LogP contribution in [0.4, 0.5) is 18.0 Å². The molecular formula is C26H31F3N6O4. The zero-order valence-electron chi connectivity index (χ0n) is 21.7. The first-order valence-electron chi connectivity index (χ1n) is 12.9. The molecule has 2 atom stereocenters. The van der Waals surface area contributed by atoms with E-state index in [9.17, 15) is 22.8 Å². The maximum absolute atomic E-state index is 14.1. The molecule has 210 valence electrons. The lowest BCUT2D eigenvalue weighted by atomic mass is 9.83. The van der Waals surface area contributed by atoms with E-state index in [1.807, 2.05) is 0 Å². The lowest BCUT2D eigenvalue weighted by molar-refractivity contribution is -0.0509. The highest BCUT2D eigenvalue weighted by atomic mass is 19.3. The summed E-state index contributed by atoms with van der Waals surface area (Å²) in [6, 6.07) is 4.60. The summed E-state index contributed by atoms with van der Waals surface area (Å²) in [7, 11) is 3.09. The van der Waals surface area contributed by atoms with Crippen molar-refractivity contribution in [2.75, 3.05) is 26.8 Å². The lowest BCUT2D eigenvalue weighted by Crippen LogP contribution is -2.58. The van der Waals surface area contributed by atoms with Crippen LogP contribution in [0, 0.1) is 5.92 Å². The zero-order chi connectivity index (χ0) is 27.7. The highest BCUT2D eigenvalue weighted by molar-refractivity contribution is 5.92. The zero-order valence-corrected chi connectivity index (χ0v) is 21.7. The van der Waals surface area contributed by atoms with E-state index in [1.54, 1.807) is 31.3 Å². The molecule has 10 nitrogen and oxygen atoms in total. The quantitative estimate of drug-likeness (QED) is 0.441. The van der Waals surface area contributed by atoms with E-state index in [1.165, 1.54) is 18.0 Å². The van der Waals surface area contributed by atoms with Crippen molar-refractivity contribution in [1.82, 2.24) is 30.3 Å². The number of alkyl halides is 3.